The molecule has 1 aliphatic rings. The Morgan fingerprint density at radius 3 is 2.67 bits per heavy atom. The Balaban J connectivity index is 1.70. The second-order valence-corrected chi connectivity index (χ2v) is 7.03. The Labute approximate surface area is 155 Å². The molecule has 1 fully saturated rings. The monoisotopic (exact) mass is 364 g/mol. The standard InChI is InChI=1S/C19H20N6O2/c1-11(2)16-17-13(6-7-14(22-17)12-4-5-12)18(27)25(24-16)10-15(26)23-19-20-8-3-9-21-19/h3,6-9,11-12H,4-5,10H2,1-2H3,(H,20,21,23,26). The number of carbonyl (C=O) groups is 1. The molecule has 0 aromatic carbocycles. The molecule has 27 heavy (non-hydrogen) atoms. The summed E-state index contributed by atoms with van der Waals surface area (Å²) < 4.78 is 1.19. The molecule has 8 heteroatoms. The highest BCUT2D eigenvalue weighted by molar-refractivity contribution is 5.89. The lowest BCUT2D eigenvalue weighted by Gasteiger charge is -2.13. The molecule has 3 aromatic heterocycles. The Kier molecular flexibility index (Phi) is 4.39. The third-order valence-corrected chi connectivity index (χ3v) is 4.51. The van der Waals surface area contributed by atoms with E-state index in [1.165, 1.54) is 17.1 Å². The van der Waals surface area contributed by atoms with Crippen molar-refractivity contribution in [3.63, 3.8) is 0 Å². The minimum Gasteiger partial charge on any atom is -0.293 e. The number of anilines is 1. The molecule has 0 spiro atoms. The molecule has 138 valence electrons. The first-order chi connectivity index (χ1) is 13.0. The maximum absolute atomic E-state index is 12.8. The van der Waals surface area contributed by atoms with Gasteiger partial charge >= 0.3 is 0 Å². The fourth-order valence-electron chi connectivity index (χ4n) is 2.97. The van der Waals surface area contributed by atoms with Gasteiger partial charge in [-0.2, -0.15) is 5.10 Å². The molecule has 1 aliphatic carbocycles. The van der Waals surface area contributed by atoms with E-state index in [9.17, 15) is 9.59 Å². The second-order valence-electron chi connectivity index (χ2n) is 7.03. The van der Waals surface area contributed by atoms with Crippen LogP contribution in [0, 0.1) is 0 Å². The van der Waals surface area contributed by atoms with Crippen LogP contribution >= 0.6 is 0 Å². The molecular weight excluding hydrogens is 344 g/mol. The van der Waals surface area contributed by atoms with Crippen LogP contribution in [-0.2, 0) is 11.3 Å². The van der Waals surface area contributed by atoms with Gasteiger partial charge in [0.15, 0.2) is 0 Å². The van der Waals surface area contributed by atoms with Crippen LogP contribution in [0.4, 0.5) is 5.95 Å². The molecule has 0 radical (unpaired) electrons. The minimum atomic E-state index is -0.410. The van der Waals surface area contributed by atoms with Crippen molar-refractivity contribution in [2.24, 2.45) is 0 Å². The molecule has 0 saturated heterocycles. The van der Waals surface area contributed by atoms with Crippen LogP contribution in [-0.4, -0.2) is 30.6 Å². The van der Waals surface area contributed by atoms with Crippen molar-refractivity contribution >= 4 is 22.8 Å². The van der Waals surface area contributed by atoms with E-state index in [1.807, 2.05) is 19.9 Å². The predicted octanol–water partition coefficient (Wildman–Crippen LogP) is 2.22. The molecule has 0 bridgehead atoms. The van der Waals surface area contributed by atoms with Gasteiger partial charge in [-0.3, -0.25) is 19.9 Å². The van der Waals surface area contributed by atoms with E-state index >= 15 is 0 Å². The summed E-state index contributed by atoms with van der Waals surface area (Å²) in [5.41, 5.74) is 2.05. The van der Waals surface area contributed by atoms with Gasteiger partial charge < -0.3 is 0 Å². The van der Waals surface area contributed by atoms with Crippen LogP contribution in [0.2, 0.25) is 0 Å². The van der Waals surface area contributed by atoms with Gasteiger partial charge in [-0.15, -0.1) is 0 Å². The van der Waals surface area contributed by atoms with Crippen LogP contribution in [0.15, 0.2) is 35.4 Å². The number of aromatic nitrogens is 5. The van der Waals surface area contributed by atoms with Crippen LogP contribution in [0.5, 0.6) is 0 Å². The van der Waals surface area contributed by atoms with Gasteiger partial charge in [0.05, 0.1) is 16.6 Å². The highest BCUT2D eigenvalue weighted by Gasteiger charge is 2.26. The van der Waals surface area contributed by atoms with Crippen LogP contribution in [0.3, 0.4) is 0 Å². The molecule has 4 rings (SSSR count). The number of carbonyl (C=O) groups excluding carboxylic acids is 1. The summed E-state index contributed by atoms with van der Waals surface area (Å²) >= 11 is 0. The van der Waals surface area contributed by atoms with E-state index in [4.69, 9.17) is 4.98 Å². The van der Waals surface area contributed by atoms with Crippen LogP contribution < -0.4 is 10.9 Å². The smallest absolute Gasteiger partial charge is 0.276 e. The minimum absolute atomic E-state index is 0.0711. The van der Waals surface area contributed by atoms with Gasteiger partial charge in [-0.05, 0) is 37.0 Å². The number of nitrogens with one attached hydrogen (secondary N) is 1. The number of pyridine rings is 1. The maximum Gasteiger partial charge on any atom is 0.276 e. The molecule has 3 aromatic rings. The summed E-state index contributed by atoms with van der Waals surface area (Å²) in [5, 5.41) is 7.50. The number of amides is 1. The van der Waals surface area contributed by atoms with E-state index in [-0.39, 0.29) is 24.0 Å². The normalized spacial score (nSPS) is 13.9. The van der Waals surface area contributed by atoms with Gasteiger partial charge in [0, 0.05) is 24.0 Å². The van der Waals surface area contributed by atoms with E-state index < -0.39 is 5.91 Å². The van der Waals surface area contributed by atoms with E-state index in [0.717, 1.165) is 24.2 Å². The van der Waals surface area contributed by atoms with E-state index in [0.29, 0.717) is 16.8 Å². The first-order valence-electron chi connectivity index (χ1n) is 9.01. The van der Waals surface area contributed by atoms with Crippen molar-refractivity contribution in [2.45, 2.75) is 45.1 Å². The Hall–Kier alpha value is -3.16. The van der Waals surface area contributed by atoms with Crippen molar-refractivity contribution in [2.75, 3.05) is 5.32 Å². The average molecular weight is 364 g/mol. The van der Waals surface area contributed by atoms with E-state index in [2.05, 4.69) is 20.4 Å². The number of hydrogen-bond donors (Lipinski definition) is 1. The van der Waals surface area contributed by atoms with Crippen molar-refractivity contribution in [3.8, 4) is 0 Å². The zero-order chi connectivity index (χ0) is 19.0. The molecule has 3 heterocycles. The fraction of sp³-hybridized carbons (Fsp3) is 0.368. The quantitative estimate of drug-likeness (QED) is 0.745. The number of hydrogen-bond acceptors (Lipinski definition) is 6. The number of nitrogens with zero attached hydrogens (tertiary/aromatic N) is 5. The van der Waals surface area contributed by atoms with Crippen molar-refractivity contribution in [3.05, 3.63) is 52.3 Å². The van der Waals surface area contributed by atoms with Crippen molar-refractivity contribution in [1.29, 1.82) is 0 Å². The number of rotatable bonds is 5. The highest BCUT2D eigenvalue weighted by atomic mass is 16.2. The molecular formula is C19H20N6O2. The first kappa shape index (κ1) is 17.3. The maximum atomic E-state index is 12.8. The molecule has 0 unspecified atom stereocenters. The zero-order valence-electron chi connectivity index (χ0n) is 15.2. The Morgan fingerprint density at radius 2 is 2.00 bits per heavy atom. The lowest BCUT2D eigenvalue weighted by Crippen LogP contribution is -2.31. The summed E-state index contributed by atoms with van der Waals surface area (Å²) in [6.45, 7) is 3.79. The second kappa shape index (κ2) is 6.86. The molecule has 8 nitrogen and oxygen atoms in total. The lowest BCUT2D eigenvalue weighted by molar-refractivity contribution is -0.117. The van der Waals surface area contributed by atoms with Crippen molar-refractivity contribution in [1.82, 2.24) is 24.7 Å². The number of fused-ring (bicyclic) bond motifs is 1. The summed E-state index contributed by atoms with van der Waals surface area (Å²) in [4.78, 5) is 37.7. The summed E-state index contributed by atoms with van der Waals surface area (Å²) in [7, 11) is 0. The SMILES string of the molecule is CC(C)c1nn(CC(=O)Nc2ncccn2)c(=O)c2ccc(C3CC3)nc12. The van der Waals surface area contributed by atoms with Gasteiger partial charge in [0.25, 0.3) is 5.56 Å². The molecule has 0 atom stereocenters. The summed E-state index contributed by atoms with van der Waals surface area (Å²) in [5.74, 6) is 0.346. The molecule has 1 N–H and O–H groups in total. The predicted molar refractivity (Wildman–Crippen MR) is 101 cm³/mol. The van der Waals surface area contributed by atoms with Crippen molar-refractivity contribution < 1.29 is 4.79 Å². The summed E-state index contributed by atoms with van der Waals surface area (Å²) in [6.07, 6.45) is 5.34. The average Bonchev–Trinajstić information content (AvgIpc) is 3.49. The van der Waals surface area contributed by atoms with Gasteiger partial charge in [0.1, 0.15) is 6.54 Å². The van der Waals surface area contributed by atoms with Gasteiger partial charge in [0.2, 0.25) is 11.9 Å². The molecule has 1 amide bonds. The molecule has 1 saturated carbocycles. The first-order valence-corrected chi connectivity index (χ1v) is 9.01. The van der Waals surface area contributed by atoms with Crippen LogP contribution in [0.25, 0.3) is 10.9 Å². The van der Waals surface area contributed by atoms with Gasteiger partial charge in [-0.25, -0.2) is 14.6 Å². The zero-order valence-corrected chi connectivity index (χ0v) is 15.2. The topological polar surface area (TPSA) is 103 Å². The third-order valence-electron chi connectivity index (χ3n) is 4.51. The Bertz CT molecular complexity index is 1060. The summed E-state index contributed by atoms with van der Waals surface area (Å²) in [6, 6.07) is 5.37. The highest BCUT2D eigenvalue weighted by Crippen LogP contribution is 2.39. The fourth-order valence-corrected chi connectivity index (χ4v) is 2.97. The third kappa shape index (κ3) is 3.55. The molecule has 0 aliphatic heterocycles. The van der Waals surface area contributed by atoms with Crippen LogP contribution in [0.1, 0.15) is 49.9 Å². The Morgan fingerprint density at radius 1 is 1.26 bits per heavy atom. The van der Waals surface area contributed by atoms with E-state index in [1.54, 1.807) is 12.1 Å². The lowest BCUT2D eigenvalue weighted by atomic mass is 10.1. The van der Waals surface area contributed by atoms with Gasteiger partial charge in [-0.1, -0.05) is 13.8 Å². The largest absolute Gasteiger partial charge is 0.293 e.